The number of rotatable bonds is 5. The maximum absolute atomic E-state index is 12.6. The Morgan fingerprint density at radius 3 is 2.26 bits per heavy atom. The van der Waals surface area contributed by atoms with E-state index in [0.717, 1.165) is 0 Å². The number of carbonyl (C=O) groups excluding carboxylic acids is 1. The number of hydrogen-bond donors (Lipinski definition) is 2. The Labute approximate surface area is 157 Å². The molecule has 0 spiro atoms. The lowest BCUT2D eigenvalue weighted by atomic mass is 10.0. The second-order valence-electron chi connectivity index (χ2n) is 6.47. The summed E-state index contributed by atoms with van der Waals surface area (Å²) in [7, 11) is -3.70. The molecule has 0 radical (unpaired) electrons. The van der Waals surface area contributed by atoms with Gasteiger partial charge < -0.3 is 10.0 Å². The first-order valence-electron chi connectivity index (χ1n) is 8.51. The van der Waals surface area contributed by atoms with Crippen LogP contribution < -0.4 is 4.72 Å². The molecule has 8 heteroatoms. The van der Waals surface area contributed by atoms with Gasteiger partial charge in [0.2, 0.25) is 0 Å². The molecule has 142 valence electrons. The van der Waals surface area contributed by atoms with Gasteiger partial charge in [0.25, 0.3) is 15.9 Å². The average Bonchev–Trinajstić information content (AvgIpc) is 3.04. The van der Waals surface area contributed by atoms with Crippen molar-refractivity contribution >= 4 is 27.6 Å². The maximum atomic E-state index is 12.6. The van der Waals surface area contributed by atoms with E-state index in [-0.39, 0.29) is 16.8 Å². The second kappa shape index (κ2) is 7.40. The van der Waals surface area contributed by atoms with Crippen molar-refractivity contribution in [3.63, 3.8) is 0 Å². The smallest absolute Gasteiger partial charge is 0.308 e. The highest BCUT2D eigenvalue weighted by Crippen LogP contribution is 2.26. The van der Waals surface area contributed by atoms with E-state index in [9.17, 15) is 23.1 Å². The summed E-state index contributed by atoms with van der Waals surface area (Å²) in [4.78, 5) is 25.5. The third-order valence-electron chi connectivity index (χ3n) is 4.77. The molecule has 2 unspecified atom stereocenters. The molecule has 1 heterocycles. The van der Waals surface area contributed by atoms with E-state index in [1.54, 1.807) is 30.0 Å². The summed E-state index contributed by atoms with van der Waals surface area (Å²) in [6.45, 7) is 2.12. The Balaban J connectivity index is 1.72. The second-order valence-corrected chi connectivity index (χ2v) is 8.15. The molecule has 7 nitrogen and oxygen atoms in total. The molecule has 1 saturated heterocycles. The minimum absolute atomic E-state index is 0.149. The summed E-state index contributed by atoms with van der Waals surface area (Å²) in [5.41, 5.74) is 0.726. The average molecular weight is 388 g/mol. The highest BCUT2D eigenvalue weighted by molar-refractivity contribution is 7.92. The number of amides is 1. The van der Waals surface area contributed by atoms with Gasteiger partial charge in [-0.05, 0) is 49.7 Å². The number of aliphatic carboxylic acids is 1. The van der Waals surface area contributed by atoms with Crippen molar-refractivity contribution in [3.05, 3.63) is 60.2 Å². The predicted octanol–water partition coefficient (Wildman–Crippen LogP) is 2.42. The van der Waals surface area contributed by atoms with Crippen LogP contribution in [0.25, 0.3) is 0 Å². The van der Waals surface area contributed by atoms with Gasteiger partial charge in [-0.3, -0.25) is 14.3 Å². The van der Waals surface area contributed by atoms with Gasteiger partial charge in [-0.1, -0.05) is 18.2 Å². The molecule has 1 aliphatic rings. The number of benzene rings is 2. The van der Waals surface area contributed by atoms with Crippen molar-refractivity contribution in [2.75, 3.05) is 11.3 Å². The molecule has 1 amide bonds. The van der Waals surface area contributed by atoms with Crippen molar-refractivity contribution in [2.45, 2.75) is 24.3 Å². The quantitative estimate of drug-likeness (QED) is 0.819. The summed E-state index contributed by atoms with van der Waals surface area (Å²) < 4.78 is 27.1. The zero-order chi connectivity index (χ0) is 19.6. The summed E-state index contributed by atoms with van der Waals surface area (Å²) >= 11 is 0. The van der Waals surface area contributed by atoms with Crippen LogP contribution in [0.15, 0.2) is 59.5 Å². The van der Waals surface area contributed by atoms with Gasteiger partial charge >= 0.3 is 5.97 Å². The monoisotopic (exact) mass is 388 g/mol. The molecular weight excluding hydrogens is 368 g/mol. The first kappa shape index (κ1) is 18.9. The van der Waals surface area contributed by atoms with Crippen LogP contribution in [0, 0.1) is 5.92 Å². The fourth-order valence-corrected chi connectivity index (χ4v) is 4.30. The third kappa shape index (κ3) is 3.95. The number of likely N-dealkylation sites (tertiary alicyclic amines) is 1. The first-order chi connectivity index (χ1) is 12.8. The summed E-state index contributed by atoms with van der Waals surface area (Å²) in [5.74, 6) is -1.72. The molecule has 0 saturated carbocycles. The predicted molar refractivity (Wildman–Crippen MR) is 99.9 cm³/mol. The molecule has 1 aliphatic heterocycles. The number of nitrogens with one attached hydrogen (secondary N) is 1. The largest absolute Gasteiger partial charge is 0.481 e. The standard InChI is InChI=1S/C19H20N2O5S/c1-13-17(19(23)24)11-12-21(13)18(22)14-7-9-15(10-8-14)20-27(25,26)16-5-3-2-4-6-16/h2-10,13,17,20H,11-12H2,1H3,(H,23,24). The van der Waals surface area contributed by atoms with Gasteiger partial charge in [0, 0.05) is 23.8 Å². The molecule has 2 atom stereocenters. The van der Waals surface area contributed by atoms with Crippen LogP contribution in [0.5, 0.6) is 0 Å². The van der Waals surface area contributed by atoms with E-state index in [1.165, 1.54) is 36.4 Å². The number of carbonyl (C=O) groups is 2. The molecule has 2 aromatic carbocycles. The molecular formula is C19H20N2O5S. The molecule has 0 aliphatic carbocycles. The van der Waals surface area contributed by atoms with Crippen molar-refractivity contribution in [3.8, 4) is 0 Å². The number of carboxylic acid groups (broad SMARTS) is 1. The Morgan fingerprint density at radius 2 is 1.70 bits per heavy atom. The van der Waals surface area contributed by atoms with Gasteiger partial charge in [0.1, 0.15) is 0 Å². The summed E-state index contributed by atoms with van der Waals surface area (Å²) in [6.07, 6.45) is 0.428. The van der Waals surface area contributed by atoms with Crippen LogP contribution in [0.4, 0.5) is 5.69 Å². The van der Waals surface area contributed by atoms with Gasteiger partial charge in [-0.2, -0.15) is 0 Å². The lowest BCUT2D eigenvalue weighted by Crippen LogP contribution is -2.37. The normalized spacial score (nSPS) is 19.7. The van der Waals surface area contributed by atoms with E-state index < -0.39 is 21.9 Å². The Kier molecular flexibility index (Phi) is 5.18. The number of anilines is 1. The number of carboxylic acids is 1. The molecule has 3 rings (SSSR count). The number of nitrogens with zero attached hydrogens (tertiary/aromatic N) is 1. The molecule has 27 heavy (non-hydrogen) atoms. The van der Waals surface area contributed by atoms with E-state index >= 15 is 0 Å². The minimum atomic E-state index is -3.70. The first-order valence-corrected chi connectivity index (χ1v) is 9.99. The molecule has 1 fully saturated rings. The minimum Gasteiger partial charge on any atom is -0.481 e. The topological polar surface area (TPSA) is 104 Å². The molecule has 2 aromatic rings. The van der Waals surface area contributed by atoms with Crippen LogP contribution in [0.1, 0.15) is 23.7 Å². The van der Waals surface area contributed by atoms with Crippen LogP contribution >= 0.6 is 0 Å². The fourth-order valence-electron chi connectivity index (χ4n) is 3.22. The van der Waals surface area contributed by atoms with Crippen LogP contribution in [0.2, 0.25) is 0 Å². The summed E-state index contributed by atoms with van der Waals surface area (Å²) in [6, 6.07) is 13.7. The molecule has 0 aromatic heterocycles. The van der Waals surface area contributed by atoms with E-state index in [2.05, 4.69) is 4.72 Å². The number of hydrogen-bond acceptors (Lipinski definition) is 4. The highest BCUT2D eigenvalue weighted by atomic mass is 32.2. The van der Waals surface area contributed by atoms with Gasteiger partial charge in [0.05, 0.1) is 10.8 Å². The van der Waals surface area contributed by atoms with Crippen LogP contribution in [-0.2, 0) is 14.8 Å². The lowest BCUT2D eigenvalue weighted by Gasteiger charge is -2.23. The SMILES string of the molecule is CC1C(C(=O)O)CCN1C(=O)c1ccc(NS(=O)(=O)c2ccccc2)cc1. The van der Waals surface area contributed by atoms with Crippen molar-refractivity contribution in [2.24, 2.45) is 5.92 Å². The Morgan fingerprint density at radius 1 is 1.07 bits per heavy atom. The van der Waals surface area contributed by atoms with E-state index in [4.69, 9.17) is 0 Å². The van der Waals surface area contributed by atoms with Gasteiger partial charge in [0.15, 0.2) is 0 Å². The molecule has 2 N–H and O–H groups in total. The zero-order valence-electron chi connectivity index (χ0n) is 14.7. The Bertz CT molecular complexity index is 942. The number of sulfonamides is 1. The fraction of sp³-hybridized carbons (Fsp3) is 0.263. The molecule has 0 bridgehead atoms. The van der Waals surface area contributed by atoms with Crippen molar-refractivity contribution in [1.82, 2.24) is 4.90 Å². The zero-order valence-corrected chi connectivity index (χ0v) is 15.5. The van der Waals surface area contributed by atoms with Crippen molar-refractivity contribution in [1.29, 1.82) is 0 Å². The van der Waals surface area contributed by atoms with Gasteiger partial charge in [-0.25, -0.2) is 8.42 Å². The van der Waals surface area contributed by atoms with E-state index in [1.807, 2.05) is 0 Å². The highest BCUT2D eigenvalue weighted by Gasteiger charge is 2.38. The lowest BCUT2D eigenvalue weighted by molar-refractivity contribution is -0.142. The third-order valence-corrected chi connectivity index (χ3v) is 6.17. The van der Waals surface area contributed by atoms with Gasteiger partial charge in [-0.15, -0.1) is 0 Å². The van der Waals surface area contributed by atoms with Crippen molar-refractivity contribution < 1.29 is 23.1 Å². The van der Waals surface area contributed by atoms with E-state index in [0.29, 0.717) is 24.2 Å². The maximum Gasteiger partial charge on any atom is 0.308 e. The Hall–Kier alpha value is -2.87. The van der Waals surface area contributed by atoms with Crippen LogP contribution in [-0.4, -0.2) is 42.9 Å². The summed E-state index contributed by atoms with van der Waals surface area (Å²) in [5, 5.41) is 9.19. The van der Waals surface area contributed by atoms with Crippen LogP contribution in [0.3, 0.4) is 0 Å².